The first-order valence-corrected chi connectivity index (χ1v) is 4.16. The Hall–Kier alpha value is -1.39. The van der Waals surface area contributed by atoms with Gasteiger partial charge in [0.25, 0.3) is 0 Å². The van der Waals surface area contributed by atoms with E-state index in [4.69, 9.17) is 15.6 Å². The van der Waals surface area contributed by atoms with Crippen molar-refractivity contribution in [3.8, 4) is 5.75 Å². The molecule has 1 aromatic rings. The summed E-state index contributed by atoms with van der Waals surface area (Å²) in [5.41, 5.74) is 5.79. The maximum Gasteiger partial charge on any atom is 0.188 e. The van der Waals surface area contributed by atoms with Gasteiger partial charge in [0, 0.05) is 0 Å². The van der Waals surface area contributed by atoms with E-state index in [1.54, 1.807) is 24.3 Å². The number of aliphatic hydroxyl groups is 1. The van der Waals surface area contributed by atoms with Gasteiger partial charge in [-0.25, -0.2) is 0 Å². The van der Waals surface area contributed by atoms with Crippen LogP contribution in [0.1, 0.15) is 5.56 Å². The molecule has 3 N–H and O–H groups in total. The van der Waals surface area contributed by atoms with Crippen molar-refractivity contribution in [3.63, 3.8) is 0 Å². The number of nitrogens with two attached hydrogens (primary N) is 1. The van der Waals surface area contributed by atoms with Gasteiger partial charge in [0.05, 0.1) is 13.2 Å². The number of hydrogen-bond acceptors (Lipinski definition) is 4. The number of hydrogen-bond donors (Lipinski definition) is 2. The summed E-state index contributed by atoms with van der Waals surface area (Å²) in [6.45, 7) is 0.910. The molecule has 0 aliphatic carbocycles. The van der Waals surface area contributed by atoms with Gasteiger partial charge in [0.2, 0.25) is 0 Å². The fraction of sp³-hybridized carbons (Fsp3) is 0.200. The molecule has 75 valence electrons. The third-order valence-electron chi connectivity index (χ3n) is 1.67. The zero-order chi connectivity index (χ0) is 10.4. The van der Waals surface area contributed by atoms with Crippen LogP contribution in [-0.4, -0.2) is 17.5 Å². The highest BCUT2D eigenvalue weighted by atomic mass is 16.5. The monoisotopic (exact) mass is 194 g/mol. The van der Waals surface area contributed by atoms with Gasteiger partial charge in [-0.1, -0.05) is 12.1 Å². The van der Waals surface area contributed by atoms with Gasteiger partial charge in [-0.3, -0.25) is 4.79 Å². The second-order valence-corrected chi connectivity index (χ2v) is 2.72. The molecule has 1 rings (SSSR count). The zero-order valence-corrected chi connectivity index (χ0v) is 7.64. The number of carbonyl (C=O) groups excluding carboxylic acids is 1. The van der Waals surface area contributed by atoms with Crippen LogP contribution in [0.25, 0.3) is 0 Å². The number of aliphatic hydroxyl groups excluding tert-OH is 1. The maximum atomic E-state index is 10.8. The highest BCUT2D eigenvalue weighted by molar-refractivity contribution is 5.87. The zero-order valence-electron chi connectivity index (χ0n) is 7.64. The average Bonchev–Trinajstić information content (AvgIpc) is 2.26. The Bertz CT molecular complexity index is 295. The molecular weight excluding hydrogens is 182 g/mol. The minimum atomic E-state index is -0.267. The summed E-state index contributed by atoms with van der Waals surface area (Å²) < 4.78 is 5.12. The molecule has 4 heteroatoms. The first kappa shape index (κ1) is 10.7. The average molecular weight is 194 g/mol. The fourth-order valence-electron chi connectivity index (χ4n) is 0.894. The smallest absolute Gasteiger partial charge is 0.188 e. The van der Waals surface area contributed by atoms with Crippen LogP contribution in [0, 0.1) is 6.54 Å². The van der Waals surface area contributed by atoms with Crippen LogP contribution >= 0.6 is 0 Å². The number of rotatable bonds is 5. The molecule has 1 radical (unpaired) electrons. The highest BCUT2D eigenvalue weighted by Crippen LogP contribution is 2.11. The molecule has 0 heterocycles. The first-order valence-electron chi connectivity index (χ1n) is 4.16. The molecule has 4 nitrogen and oxygen atoms in total. The third-order valence-corrected chi connectivity index (χ3v) is 1.67. The molecule has 0 aromatic heterocycles. The summed E-state index contributed by atoms with van der Waals surface area (Å²) in [6.07, 6.45) is 0. The second kappa shape index (κ2) is 5.36. The van der Waals surface area contributed by atoms with Gasteiger partial charge in [-0.15, -0.1) is 0 Å². The van der Waals surface area contributed by atoms with Gasteiger partial charge in [0.1, 0.15) is 12.4 Å². The lowest BCUT2D eigenvalue weighted by molar-refractivity contribution is -0.117. The lowest BCUT2D eigenvalue weighted by atomic mass is 10.2. The third kappa shape index (κ3) is 3.16. The van der Waals surface area contributed by atoms with Gasteiger partial charge in [-0.2, -0.15) is 0 Å². The number of Topliss-reactive ketones (excluding diaryl/α,β-unsaturated/α-hetero) is 1. The van der Waals surface area contributed by atoms with Gasteiger partial charge < -0.3 is 15.6 Å². The first-order chi connectivity index (χ1) is 6.76. The molecule has 0 aliphatic rings. The molecule has 0 fully saturated rings. The van der Waals surface area contributed by atoms with Crippen molar-refractivity contribution in [2.75, 3.05) is 6.61 Å². The number of benzene rings is 1. The van der Waals surface area contributed by atoms with Gasteiger partial charge >= 0.3 is 0 Å². The van der Waals surface area contributed by atoms with E-state index < -0.39 is 0 Å². The predicted octanol–water partition coefficient (Wildman–Crippen LogP) is 0.247. The van der Waals surface area contributed by atoms with E-state index in [9.17, 15) is 4.79 Å². The lowest BCUT2D eigenvalue weighted by Gasteiger charge is -2.04. The Labute approximate surface area is 82.3 Å². The van der Waals surface area contributed by atoms with Crippen LogP contribution < -0.4 is 10.5 Å². The van der Waals surface area contributed by atoms with Crippen molar-refractivity contribution < 1.29 is 14.6 Å². The Balaban J connectivity index is 2.47. The second-order valence-electron chi connectivity index (χ2n) is 2.72. The fourth-order valence-corrected chi connectivity index (χ4v) is 0.894. The summed E-state index contributed by atoms with van der Waals surface area (Å²) in [5.74, 6) is 0.314. The molecule has 0 bridgehead atoms. The quantitative estimate of drug-likeness (QED) is 0.704. The van der Waals surface area contributed by atoms with Crippen LogP contribution in [0.4, 0.5) is 0 Å². The van der Waals surface area contributed by atoms with Crippen molar-refractivity contribution in [1.29, 1.82) is 0 Å². The molecule has 0 atom stereocenters. The Morgan fingerprint density at radius 2 is 2.07 bits per heavy atom. The minimum absolute atomic E-state index is 0.00418. The molecule has 0 saturated carbocycles. The summed E-state index contributed by atoms with van der Waals surface area (Å²) >= 11 is 0. The normalized spacial score (nSPS) is 9.86. The highest BCUT2D eigenvalue weighted by Gasteiger charge is 2.00. The maximum absolute atomic E-state index is 10.8. The van der Waals surface area contributed by atoms with Crippen molar-refractivity contribution >= 4 is 5.78 Å². The van der Waals surface area contributed by atoms with Crippen LogP contribution in [0.3, 0.4) is 0 Å². The molecule has 14 heavy (non-hydrogen) atoms. The summed E-state index contributed by atoms with van der Waals surface area (Å²) in [6, 6.07) is 6.84. The Morgan fingerprint density at radius 1 is 1.43 bits per heavy atom. The van der Waals surface area contributed by atoms with Crippen LogP contribution in [-0.2, 0) is 11.4 Å². The largest absolute Gasteiger partial charge is 0.486 e. The van der Waals surface area contributed by atoms with E-state index in [2.05, 4.69) is 0 Å². The minimum Gasteiger partial charge on any atom is -0.486 e. The van der Waals surface area contributed by atoms with E-state index in [1.807, 2.05) is 0 Å². The number of carbonyl (C=O) groups is 1. The van der Waals surface area contributed by atoms with E-state index in [0.717, 1.165) is 12.1 Å². The molecule has 0 saturated heterocycles. The van der Waals surface area contributed by atoms with Crippen LogP contribution in [0.5, 0.6) is 5.75 Å². The van der Waals surface area contributed by atoms with Crippen molar-refractivity contribution in [2.45, 2.75) is 6.61 Å². The molecule has 1 aromatic carbocycles. The summed E-state index contributed by atoms with van der Waals surface area (Å²) in [4.78, 5) is 10.8. The lowest BCUT2D eigenvalue weighted by Crippen LogP contribution is -2.15. The predicted molar refractivity (Wildman–Crippen MR) is 51.4 cm³/mol. The SMILES string of the molecule is N[CH]C(=O)COc1ccc(CO)cc1. The van der Waals surface area contributed by atoms with E-state index in [0.29, 0.717) is 5.75 Å². The topological polar surface area (TPSA) is 72.6 Å². The van der Waals surface area contributed by atoms with E-state index in [1.165, 1.54) is 0 Å². The van der Waals surface area contributed by atoms with Gasteiger partial charge in [0.15, 0.2) is 5.78 Å². The van der Waals surface area contributed by atoms with Crippen molar-refractivity contribution in [2.24, 2.45) is 5.73 Å². The Kier molecular flexibility index (Phi) is 4.10. The molecule has 0 unspecified atom stereocenters. The van der Waals surface area contributed by atoms with Gasteiger partial charge in [-0.05, 0) is 17.7 Å². The summed E-state index contributed by atoms with van der Waals surface area (Å²) in [7, 11) is 0. The molecule has 0 spiro atoms. The molecule has 0 amide bonds. The van der Waals surface area contributed by atoms with Crippen molar-refractivity contribution in [1.82, 2.24) is 0 Å². The Morgan fingerprint density at radius 3 is 2.57 bits per heavy atom. The van der Waals surface area contributed by atoms with E-state index >= 15 is 0 Å². The molecular formula is C10H12NO3. The number of ketones is 1. The van der Waals surface area contributed by atoms with Crippen LogP contribution in [0.2, 0.25) is 0 Å². The standard InChI is InChI=1S/C10H12NO3/c11-5-9(13)7-14-10-3-1-8(6-12)2-4-10/h1-5,12H,6-7,11H2. The number of ether oxygens (including phenoxy) is 1. The van der Waals surface area contributed by atoms with Crippen molar-refractivity contribution in [3.05, 3.63) is 36.4 Å². The van der Waals surface area contributed by atoms with E-state index in [-0.39, 0.29) is 19.0 Å². The molecule has 0 aliphatic heterocycles. The summed E-state index contributed by atoms with van der Waals surface area (Å²) in [5, 5.41) is 8.77. The van der Waals surface area contributed by atoms with Crippen LogP contribution in [0.15, 0.2) is 24.3 Å².